The van der Waals surface area contributed by atoms with Gasteiger partial charge in [-0.05, 0) is 41.0 Å². The van der Waals surface area contributed by atoms with Crippen molar-refractivity contribution in [2.24, 2.45) is 0 Å². The summed E-state index contributed by atoms with van der Waals surface area (Å²) in [6.07, 6.45) is 3.89. The molecule has 0 N–H and O–H groups in total. The van der Waals surface area contributed by atoms with E-state index in [9.17, 15) is 0 Å². The molecule has 3 heteroatoms. The standard InChI is InChI=1S/C20H14Cl2O/c1-13-6-9-15-10-7-14(12-17(15)20(13)23-2)8-11-16-4-3-5-18(21)19(16)22/h3-7,9-10,12,20H,1H2,2H3. The van der Waals surface area contributed by atoms with Crippen molar-refractivity contribution in [3.8, 4) is 11.8 Å². The third-order valence-electron chi connectivity index (χ3n) is 3.71. The van der Waals surface area contributed by atoms with Gasteiger partial charge in [0.15, 0.2) is 0 Å². The predicted molar refractivity (Wildman–Crippen MR) is 96.8 cm³/mol. The Labute approximate surface area is 146 Å². The highest BCUT2D eigenvalue weighted by Gasteiger charge is 2.19. The van der Waals surface area contributed by atoms with Gasteiger partial charge in [0.2, 0.25) is 0 Å². The topological polar surface area (TPSA) is 9.23 Å². The molecular formula is C20H14Cl2O. The van der Waals surface area contributed by atoms with Crippen molar-refractivity contribution in [2.75, 3.05) is 7.11 Å². The molecule has 1 atom stereocenters. The minimum absolute atomic E-state index is 0.133. The maximum atomic E-state index is 6.16. The number of ether oxygens (including phenoxy) is 1. The van der Waals surface area contributed by atoms with E-state index in [4.69, 9.17) is 27.9 Å². The Hall–Kier alpha value is -1.98. The lowest BCUT2D eigenvalue weighted by atomic mass is 9.90. The molecule has 0 aliphatic heterocycles. The van der Waals surface area contributed by atoms with Crippen LogP contribution in [0.25, 0.3) is 6.08 Å². The van der Waals surface area contributed by atoms with Crippen LogP contribution >= 0.6 is 23.2 Å². The highest BCUT2D eigenvalue weighted by Crippen LogP contribution is 2.33. The van der Waals surface area contributed by atoms with Gasteiger partial charge in [-0.15, -0.1) is 0 Å². The van der Waals surface area contributed by atoms with Crippen LogP contribution in [0, 0.1) is 11.8 Å². The zero-order valence-corrected chi connectivity index (χ0v) is 14.1. The number of fused-ring (bicyclic) bond motifs is 1. The number of hydrogen-bond acceptors (Lipinski definition) is 1. The Morgan fingerprint density at radius 2 is 1.91 bits per heavy atom. The quantitative estimate of drug-likeness (QED) is 0.608. The highest BCUT2D eigenvalue weighted by atomic mass is 35.5. The first kappa shape index (κ1) is 15.9. The van der Waals surface area contributed by atoms with Crippen molar-refractivity contribution in [3.63, 3.8) is 0 Å². The normalized spacial score (nSPS) is 15.8. The smallest absolute Gasteiger partial charge is 0.107 e. The van der Waals surface area contributed by atoms with Crippen molar-refractivity contribution < 1.29 is 4.74 Å². The molecule has 1 unspecified atom stereocenters. The second-order valence-corrected chi connectivity index (χ2v) is 6.00. The lowest BCUT2D eigenvalue weighted by Gasteiger charge is -2.22. The van der Waals surface area contributed by atoms with Crippen LogP contribution in [0.5, 0.6) is 0 Å². The molecule has 0 saturated carbocycles. The molecule has 0 amide bonds. The zero-order valence-electron chi connectivity index (χ0n) is 12.6. The highest BCUT2D eigenvalue weighted by molar-refractivity contribution is 6.42. The van der Waals surface area contributed by atoms with Gasteiger partial charge in [-0.3, -0.25) is 0 Å². The fraction of sp³-hybridized carbons (Fsp3) is 0.100. The minimum Gasteiger partial charge on any atom is -0.372 e. The van der Waals surface area contributed by atoms with E-state index in [1.54, 1.807) is 13.2 Å². The van der Waals surface area contributed by atoms with Crippen molar-refractivity contribution in [1.29, 1.82) is 0 Å². The lowest BCUT2D eigenvalue weighted by molar-refractivity contribution is 0.135. The van der Waals surface area contributed by atoms with Crippen molar-refractivity contribution >= 4 is 29.3 Å². The fourth-order valence-corrected chi connectivity index (χ4v) is 2.88. The van der Waals surface area contributed by atoms with Crippen molar-refractivity contribution in [3.05, 3.63) is 86.9 Å². The van der Waals surface area contributed by atoms with E-state index >= 15 is 0 Å². The molecule has 0 radical (unpaired) electrons. The monoisotopic (exact) mass is 340 g/mol. The van der Waals surface area contributed by atoms with Gasteiger partial charge in [0, 0.05) is 18.2 Å². The molecule has 0 spiro atoms. The molecule has 2 aromatic carbocycles. The number of halogens is 2. The molecular weight excluding hydrogens is 327 g/mol. The van der Waals surface area contributed by atoms with Crippen LogP contribution in [0.3, 0.4) is 0 Å². The molecule has 3 rings (SSSR count). The number of rotatable bonds is 1. The van der Waals surface area contributed by atoms with Crippen LogP contribution in [-0.4, -0.2) is 7.11 Å². The summed E-state index contributed by atoms with van der Waals surface area (Å²) >= 11 is 12.2. The van der Waals surface area contributed by atoms with E-state index < -0.39 is 0 Å². The molecule has 1 aliphatic rings. The van der Waals surface area contributed by atoms with Gasteiger partial charge in [-0.25, -0.2) is 0 Å². The summed E-state index contributed by atoms with van der Waals surface area (Å²) < 4.78 is 5.54. The van der Waals surface area contributed by atoms with Gasteiger partial charge in [0.05, 0.1) is 10.0 Å². The van der Waals surface area contributed by atoms with Gasteiger partial charge in [-0.1, -0.05) is 65.9 Å². The molecule has 0 bridgehead atoms. The Balaban J connectivity index is 1.99. The van der Waals surface area contributed by atoms with Gasteiger partial charge < -0.3 is 4.74 Å². The van der Waals surface area contributed by atoms with E-state index in [-0.39, 0.29) is 6.10 Å². The average Bonchev–Trinajstić information content (AvgIpc) is 2.56. The van der Waals surface area contributed by atoms with E-state index in [1.807, 2.05) is 42.5 Å². The summed E-state index contributed by atoms with van der Waals surface area (Å²) in [5.41, 5.74) is 4.73. The van der Waals surface area contributed by atoms with E-state index in [0.29, 0.717) is 15.6 Å². The predicted octanol–water partition coefficient (Wildman–Crippen LogP) is 5.66. The molecule has 0 saturated heterocycles. The van der Waals surface area contributed by atoms with E-state index in [2.05, 4.69) is 18.4 Å². The second-order valence-electron chi connectivity index (χ2n) is 5.22. The molecule has 0 heterocycles. The average molecular weight is 341 g/mol. The zero-order chi connectivity index (χ0) is 16.4. The van der Waals surface area contributed by atoms with Gasteiger partial charge in [-0.2, -0.15) is 0 Å². The molecule has 23 heavy (non-hydrogen) atoms. The van der Waals surface area contributed by atoms with Crippen LogP contribution in [0.2, 0.25) is 10.0 Å². The first-order chi connectivity index (χ1) is 11.1. The van der Waals surface area contributed by atoms with Crippen molar-refractivity contribution in [2.45, 2.75) is 6.10 Å². The second kappa shape index (κ2) is 6.64. The maximum Gasteiger partial charge on any atom is 0.107 e. The van der Waals surface area contributed by atoms with Crippen LogP contribution in [0.15, 0.2) is 54.6 Å². The fourth-order valence-electron chi connectivity index (χ4n) is 2.53. The summed E-state index contributed by atoms with van der Waals surface area (Å²) in [5, 5.41) is 0.982. The summed E-state index contributed by atoms with van der Waals surface area (Å²) in [6, 6.07) is 11.5. The Bertz CT molecular complexity index is 869. The molecule has 114 valence electrons. The van der Waals surface area contributed by atoms with Crippen LogP contribution in [-0.2, 0) is 4.74 Å². The summed E-state index contributed by atoms with van der Waals surface area (Å²) in [7, 11) is 1.68. The van der Waals surface area contributed by atoms with Crippen molar-refractivity contribution in [1.82, 2.24) is 0 Å². The summed E-state index contributed by atoms with van der Waals surface area (Å²) in [4.78, 5) is 0. The third-order valence-corrected chi connectivity index (χ3v) is 4.53. The molecule has 0 aromatic heterocycles. The SMILES string of the molecule is C=C1C=Cc2ccc(C#Cc3cccc(Cl)c3Cl)cc2C1OC. The number of hydrogen-bond donors (Lipinski definition) is 0. The summed E-state index contributed by atoms with van der Waals surface area (Å²) in [6.45, 7) is 4.03. The molecule has 1 nitrogen and oxygen atoms in total. The molecule has 2 aromatic rings. The lowest BCUT2D eigenvalue weighted by Crippen LogP contribution is -2.08. The van der Waals surface area contributed by atoms with Gasteiger partial charge in [0.25, 0.3) is 0 Å². The minimum atomic E-state index is -0.133. The Morgan fingerprint density at radius 1 is 1.09 bits per heavy atom. The van der Waals surface area contributed by atoms with Crippen LogP contribution < -0.4 is 0 Å². The summed E-state index contributed by atoms with van der Waals surface area (Å²) in [5.74, 6) is 6.21. The van der Waals surface area contributed by atoms with Crippen LogP contribution in [0.4, 0.5) is 0 Å². The number of methoxy groups -OCH3 is 1. The number of benzene rings is 2. The van der Waals surface area contributed by atoms with E-state index in [0.717, 1.165) is 22.3 Å². The Kier molecular flexibility index (Phi) is 4.59. The first-order valence-electron chi connectivity index (χ1n) is 7.10. The Morgan fingerprint density at radius 3 is 2.70 bits per heavy atom. The van der Waals surface area contributed by atoms with Gasteiger partial charge in [0.1, 0.15) is 6.10 Å². The first-order valence-corrected chi connectivity index (χ1v) is 7.85. The molecule has 1 aliphatic carbocycles. The molecule has 0 fully saturated rings. The van der Waals surface area contributed by atoms with Crippen LogP contribution in [0.1, 0.15) is 28.4 Å². The maximum absolute atomic E-state index is 6.16. The van der Waals surface area contributed by atoms with E-state index in [1.165, 1.54) is 0 Å². The van der Waals surface area contributed by atoms with Gasteiger partial charge >= 0.3 is 0 Å². The third kappa shape index (κ3) is 3.21. The largest absolute Gasteiger partial charge is 0.372 e.